The molecule has 1 amide bonds. The van der Waals surface area contributed by atoms with Crippen LogP contribution in [0.4, 0.5) is 0 Å². The number of amides is 1. The molecular formula is C20H35N5O. The summed E-state index contributed by atoms with van der Waals surface area (Å²) in [5, 5.41) is 6.50. The molecule has 1 heterocycles. The summed E-state index contributed by atoms with van der Waals surface area (Å²) in [6.07, 6.45) is 6.09. The van der Waals surface area contributed by atoms with Crippen LogP contribution in [0.25, 0.3) is 0 Å². The number of carbonyl (C=O) groups is 1. The number of aromatic nitrogens is 1. The van der Waals surface area contributed by atoms with Crippen LogP contribution in [0.15, 0.2) is 29.4 Å². The molecule has 2 N–H and O–H groups in total. The summed E-state index contributed by atoms with van der Waals surface area (Å²) < 4.78 is 0. The third-order valence-corrected chi connectivity index (χ3v) is 4.07. The highest BCUT2D eigenvalue weighted by Crippen LogP contribution is 2.05. The predicted octanol–water partition coefficient (Wildman–Crippen LogP) is 2.46. The lowest BCUT2D eigenvalue weighted by atomic mass is 10.1. The molecule has 6 nitrogen and oxygen atoms in total. The van der Waals surface area contributed by atoms with Gasteiger partial charge in [0.15, 0.2) is 5.96 Å². The van der Waals surface area contributed by atoms with E-state index in [1.54, 1.807) is 11.1 Å². The van der Waals surface area contributed by atoms with Gasteiger partial charge in [0.1, 0.15) is 6.54 Å². The molecule has 1 aromatic rings. The lowest BCUT2D eigenvalue weighted by Gasteiger charge is -2.16. The van der Waals surface area contributed by atoms with Gasteiger partial charge >= 0.3 is 0 Å². The number of unbranched alkanes of at least 4 members (excludes halogenated alkanes) is 1. The molecule has 0 bridgehead atoms. The van der Waals surface area contributed by atoms with E-state index in [0.717, 1.165) is 37.5 Å². The number of hydrogen-bond donors (Lipinski definition) is 2. The van der Waals surface area contributed by atoms with Crippen molar-refractivity contribution in [1.82, 2.24) is 20.5 Å². The zero-order chi connectivity index (χ0) is 19.2. The summed E-state index contributed by atoms with van der Waals surface area (Å²) in [5.74, 6) is 1.47. The Morgan fingerprint density at radius 1 is 1.27 bits per heavy atom. The number of likely N-dealkylation sites (N-methyl/N-ethyl adjacent to an activating group) is 1. The average Bonchev–Trinajstić information content (AvgIpc) is 2.64. The van der Waals surface area contributed by atoms with Gasteiger partial charge in [0.25, 0.3) is 0 Å². The maximum Gasteiger partial charge on any atom is 0.244 e. The summed E-state index contributed by atoms with van der Waals surface area (Å²) in [6, 6.07) is 5.83. The molecule has 0 radical (unpaired) electrons. The highest BCUT2D eigenvalue weighted by atomic mass is 16.2. The number of carbonyl (C=O) groups excluding carboxylic acids is 1. The molecule has 0 saturated heterocycles. The molecule has 0 aliphatic heterocycles. The standard InChI is InChI=1S/C20H35N5O/c1-5-21-20(23-14-8-6-10-17(2)3)24-16-19(26)25(4)15-12-18-11-7-9-13-22-18/h7,9,11,13,17H,5-6,8,10,12,14-16H2,1-4H3,(H2,21,23,24). The summed E-state index contributed by atoms with van der Waals surface area (Å²) >= 11 is 0. The summed E-state index contributed by atoms with van der Waals surface area (Å²) in [5.41, 5.74) is 0.993. The quantitative estimate of drug-likeness (QED) is 0.361. The predicted molar refractivity (Wildman–Crippen MR) is 108 cm³/mol. The van der Waals surface area contributed by atoms with E-state index >= 15 is 0 Å². The Morgan fingerprint density at radius 3 is 2.73 bits per heavy atom. The van der Waals surface area contributed by atoms with Crippen LogP contribution in [0.3, 0.4) is 0 Å². The third-order valence-electron chi connectivity index (χ3n) is 4.07. The molecule has 1 rings (SSSR count). The second-order valence-corrected chi connectivity index (χ2v) is 6.90. The highest BCUT2D eigenvalue weighted by Gasteiger charge is 2.09. The first-order valence-electron chi connectivity index (χ1n) is 9.69. The molecule has 0 unspecified atom stereocenters. The zero-order valence-electron chi connectivity index (χ0n) is 16.8. The van der Waals surface area contributed by atoms with Crippen LogP contribution >= 0.6 is 0 Å². The fraction of sp³-hybridized carbons (Fsp3) is 0.650. The fourth-order valence-corrected chi connectivity index (χ4v) is 2.45. The van der Waals surface area contributed by atoms with Gasteiger partial charge in [-0.3, -0.25) is 9.78 Å². The van der Waals surface area contributed by atoms with Crippen molar-refractivity contribution >= 4 is 11.9 Å². The second-order valence-electron chi connectivity index (χ2n) is 6.90. The lowest BCUT2D eigenvalue weighted by Crippen LogP contribution is -2.39. The number of nitrogens with zero attached hydrogens (tertiary/aromatic N) is 3. The average molecular weight is 362 g/mol. The van der Waals surface area contributed by atoms with Crippen LogP contribution in [-0.2, 0) is 11.2 Å². The van der Waals surface area contributed by atoms with Crippen molar-refractivity contribution in [3.05, 3.63) is 30.1 Å². The minimum absolute atomic E-state index is 0.0120. The number of nitrogens with one attached hydrogen (secondary N) is 2. The number of hydrogen-bond acceptors (Lipinski definition) is 3. The molecule has 0 aliphatic rings. The van der Waals surface area contributed by atoms with Gasteiger partial charge < -0.3 is 15.5 Å². The SMILES string of the molecule is CCNC(=NCC(=O)N(C)CCc1ccccn1)NCCCCC(C)C. The molecule has 0 atom stereocenters. The van der Waals surface area contributed by atoms with Gasteiger partial charge in [-0.05, 0) is 31.4 Å². The molecular weight excluding hydrogens is 326 g/mol. The van der Waals surface area contributed by atoms with E-state index < -0.39 is 0 Å². The Balaban J connectivity index is 2.35. The maximum atomic E-state index is 12.3. The molecule has 1 aromatic heterocycles. The largest absolute Gasteiger partial charge is 0.357 e. The van der Waals surface area contributed by atoms with E-state index in [-0.39, 0.29) is 12.5 Å². The van der Waals surface area contributed by atoms with E-state index in [4.69, 9.17) is 0 Å². The van der Waals surface area contributed by atoms with E-state index in [9.17, 15) is 4.79 Å². The third kappa shape index (κ3) is 10.0. The van der Waals surface area contributed by atoms with E-state index in [0.29, 0.717) is 12.5 Å². The van der Waals surface area contributed by atoms with Crippen LogP contribution in [0.2, 0.25) is 0 Å². The van der Waals surface area contributed by atoms with E-state index in [2.05, 4.69) is 34.5 Å². The highest BCUT2D eigenvalue weighted by molar-refractivity contribution is 5.84. The van der Waals surface area contributed by atoms with Crippen LogP contribution < -0.4 is 10.6 Å². The first-order chi connectivity index (χ1) is 12.5. The minimum atomic E-state index is 0.0120. The van der Waals surface area contributed by atoms with E-state index in [1.807, 2.05) is 32.2 Å². The van der Waals surface area contributed by atoms with Gasteiger partial charge in [-0.2, -0.15) is 0 Å². The van der Waals surface area contributed by atoms with E-state index in [1.165, 1.54) is 12.8 Å². The molecule has 146 valence electrons. The van der Waals surface area contributed by atoms with Gasteiger partial charge in [0.2, 0.25) is 5.91 Å². The maximum absolute atomic E-state index is 12.3. The van der Waals surface area contributed by atoms with Crippen molar-refractivity contribution in [3.8, 4) is 0 Å². The number of rotatable bonds is 11. The molecule has 6 heteroatoms. The Bertz CT molecular complexity index is 530. The van der Waals surface area contributed by atoms with Crippen LogP contribution in [-0.4, -0.2) is 55.0 Å². The molecule has 0 aromatic carbocycles. The van der Waals surface area contributed by atoms with Crippen molar-refractivity contribution in [2.75, 3.05) is 33.2 Å². The topological polar surface area (TPSA) is 69.6 Å². The lowest BCUT2D eigenvalue weighted by molar-refractivity contribution is -0.128. The van der Waals surface area contributed by atoms with Crippen LogP contribution in [0.1, 0.15) is 45.7 Å². The Kier molecular flexibility index (Phi) is 11.1. The number of pyridine rings is 1. The number of guanidine groups is 1. The number of aliphatic imine (C=N–C) groups is 1. The van der Waals surface area contributed by atoms with Crippen molar-refractivity contribution < 1.29 is 4.79 Å². The zero-order valence-corrected chi connectivity index (χ0v) is 16.8. The van der Waals surface area contributed by atoms with Crippen molar-refractivity contribution in [2.24, 2.45) is 10.9 Å². The molecule has 26 heavy (non-hydrogen) atoms. The van der Waals surface area contributed by atoms with Gasteiger partial charge in [-0.15, -0.1) is 0 Å². The Labute approximate surface area is 158 Å². The molecule has 0 fully saturated rings. The van der Waals surface area contributed by atoms with Gasteiger partial charge in [0, 0.05) is 45.0 Å². The normalized spacial score (nSPS) is 11.5. The van der Waals surface area contributed by atoms with Crippen molar-refractivity contribution in [2.45, 2.75) is 46.5 Å². The summed E-state index contributed by atoms with van der Waals surface area (Å²) in [6.45, 7) is 8.97. The van der Waals surface area contributed by atoms with Crippen LogP contribution in [0.5, 0.6) is 0 Å². The molecule has 0 spiro atoms. The Morgan fingerprint density at radius 2 is 2.08 bits per heavy atom. The molecule has 0 aliphatic carbocycles. The van der Waals surface area contributed by atoms with Gasteiger partial charge in [0.05, 0.1) is 0 Å². The second kappa shape index (κ2) is 13.1. The first-order valence-corrected chi connectivity index (χ1v) is 9.69. The van der Waals surface area contributed by atoms with Crippen molar-refractivity contribution in [3.63, 3.8) is 0 Å². The van der Waals surface area contributed by atoms with Gasteiger partial charge in [-0.25, -0.2) is 4.99 Å². The minimum Gasteiger partial charge on any atom is -0.357 e. The fourth-order valence-electron chi connectivity index (χ4n) is 2.45. The summed E-state index contributed by atoms with van der Waals surface area (Å²) in [4.78, 5) is 22.7. The molecule has 0 saturated carbocycles. The van der Waals surface area contributed by atoms with Crippen molar-refractivity contribution in [1.29, 1.82) is 0 Å². The first kappa shape index (κ1) is 21.9. The smallest absolute Gasteiger partial charge is 0.244 e. The summed E-state index contributed by atoms with van der Waals surface area (Å²) in [7, 11) is 1.81. The Hall–Kier alpha value is -2.11. The monoisotopic (exact) mass is 361 g/mol. The van der Waals surface area contributed by atoms with Gasteiger partial charge in [-0.1, -0.05) is 32.8 Å². The van der Waals surface area contributed by atoms with Crippen LogP contribution in [0, 0.1) is 5.92 Å².